The highest BCUT2D eigenvalue weighted by atomic mass is 79.9. The lowest BCUT2D eigenvalue weighted by atomic mass is 9.95. The summed E-state index contributed by atoms with van der Waals surface area (Å²) in [4.78, 5) is 24.5. The van der Waals surface area contributed by atoms with Crippen molar-refractivity contribution in [3.05, 3.63) is 57.2 Å². The van der Waals surface area contributed by atoms with E-state index in [0.29, 0.717) is 50.9 Å². The van der Waals surface area contributed by atoms with E-state index in [1.54, 1.807) is 44.2 Å². The summed E-state index contributed by atoms with van der Waals surface area (Å²) in [6, 6.07) is 7.16. The Labute approximate surface area is 246 Å². The molecule has 1 aliphatic heterocycles. The average molecular weight is 631 g/mol. The van der Waals surface area contributed by atoms with Crippen molar-refractivity contribution in [1.29, 1.82) is 0 Å². The van der Waals surface area contributed by atoms with Gasteiger partial charge < -0.3 is 39.4 Å². The van der Waals surface area contributed by atoms with E-state index in [2.05, 4.69) is 43.0 Å². The van der Waals surface area contributed by atoms with Gasteiger partial charge in [-0.3, -0.25) is 5.43 Å². The number of urea groups is 1. The number of nitrogens with zero attached hydrogens (tertiary/aromatic N) is 1. The van der Waals surface area contributed by atoms with Gasteiger partial charge in [-0.15, -0.1) is 6.42 Å². The average Bonchev–Trinajstić information content (AvgIpc) is 2.95. The number of nitrogens with one attached hydrogen (secondary N) is 3. The molecule has 0 saturated carbocycles. The molecule has 0 saturated heterocycles. The predicted molar refractivity (Wildman–Crippen MR) is 154 cm³/mol. The second-order valence-corrected chi connectivity index (χ2v) is 9.29. The van der Waals surface area contributed by atoms with Gasteiger partial charge in [0.15, 0.2) is 29.2 Å². The van der Waals surface area contributed by atoms with Gasteiger partial charge >= 0.3 is 12.0 Å². The number of hydrazone groups is 1. The Morgan fingerprint density at radius 3 is 2.63 bits per heavy atom. The van der Waals surface area contributed by atoms with Gasteiger partial charge in [-0.1, -0.05) is 12.0 Å². The molecule has 0 spiro atoms. The number of halogens is 1. The van der Waals surface area contributed by atoms with Gasteiger partial charge in [-0.2, -0.15) is 5.10 Å². The SMILES string of the molecule is C#CCOc1cc(Br)c(/C=N\N[C@@H](O)COc2ccc([C@@H]3NC(=O)NC(C)=C3C(=O)OC)cc2OCC)cc1OC. The summed E-state index contributed by atoms with van der Waals surface area (Å²) in [5.74, 6) is 3.47. The first-order valence-electron chi connectivity index (χ1n) is 12.4. The molecule has 1 heterocycles. The molecule has 0 aliphatic carbocycles. The van der Waals surface area contributed by atoms with Gasteiger partial charge in [0.25, 0.3) is 0 Å². The van der Waals surface area contributed by atoms with Crippen molar-refractivity contribution in [2.45, 2.75) is 26.1 Å². The van der Waals surface area contributed by atoms with Crippen LogP contribution in [0.2, 0.25) is 0 Å². The zero-order valence-electron chi connectivity index (χ0n) is 22.9. The number of methoxy groups -OCH3 is 2. The number of aliphatic hydroxyl groups is 1. The molecule has 0 unspecified atom stereocenters. The van der Waals surface area contributed by atoms with Crippen LogP contribution < -0.4 is 35.0 Å². The van der Waals surface area contributed by atoms with Crippen LogP contribution in [0.5, 0.6) is 23.0 Å². The predicted octanol–water partition coefficient (Wildman–Crippen LogP) is 2.99. The second-order valence-electron chi connectivity index (χ2n) is 8.43. The molecule has 0 bridgehead atoms. The molecule has 0 fully saturated rings. The van der Waals surface area contributed by atoms with Crippen molar-refractivity contribution in [2.75, 3.05) is 34.0 Å². The van der Waals surface area contributed by atoms with E-state index in [0.717, 1.165) is 0 Å². The molecule has 0 radical (unpaired) electrons. The van der Waals surface area contributed by atoms with Crippen LogP contribution in [0.1, 0.15) is 31.0 Å². The first-order valence-corrected chi connectivity index (χ1v) is 13.2. The Hall–Kier alpha value is -4.41. The molecule has 13 heteroatoms. The lowest BCUT2D eigenvalue weighted by molar-refractivity contribution is -0.136. The van der Waals surface area contributed by atoms with Crippen LogP contribution in [0.4, 0.5) is 4.79 Å². The minimum atomic E-state index is -1.17. The summed E-state index contributed by atoms with van der Waals surface area (Å²) in [7, 11) is 2.78. The number of esters is 1. The van der Waals surface area contributed by atoms with E-state index in [1.807, 2.05) is 0 Å². The minimum Gasteiger partial charge on any atom is -0.493 e. The molecule has 218 valence electrons. The molecular weight excluding hydrogens is 600 g/mol. The number of benzene rings is 2. The molecule has 2 aromatic carbocycles. The number of ether oxygens (including phenoxy) is 5. The molecule has 2 atom stereocenters. The summed E-state index contributed by atoms with van der Waals surface area (Å²) in [5.41, 5.74) is 4.48. The Balaban J connectivity index is 1.69. The zero-order valence-corrected chi connectivity index (χ0v) is 24.5. The summed E-state index contributed by atoms with van der Waals surface area (Å²) in [5, 5.41) is 19.8. The topological polar surface area (TPSA) is 149 Å². The second kappa shape index (κ2) is 14.8. The van der Waals surface area contributed by atoms with Gasteiger partial charge in [0.2, 0.25) is 0 Å². The van der Waals surface area contributed by atoms with Gasteiger partial charge in [-0.25, -0.2) is 9.59 Å². The summed E-state index contributed by atoms with van der Waals surface area (Å²) in [6.07, 6.45) is 5.57. The molecule has 41 heavy (non-hydrogen) atoms. The van der Waals surface area contributed by atoms with Crippen LogP contribution in [0.25, 0.3) is 0 Å². The first kappa shape index (κ1) is 31.1. The van der Waals surface area contributed by atoms with E-state index in [9.17, 15) is 14.7 Å². The molecule has 3 rings (SSSR count). The maximum atomic E-state index is 12.4. The number of hydrogen-bond acceptors (Lipinski definition) is 10. The lowest BCUT2D eigenvalue weighted by Gasteiger charge is -2.28. The van der Waals surface area contributed by atoms with Crippen LogP contribution >= 0.6 is 15.9 Å². The van der Waals surface area contributed by atoms with E-state index >= 15 is 0 Å². The fraction of sp³-hybridized carbons (Fsp3) is 0.321. The van der Waals surface area contributed by atoms with E-state index in [1.165, 1.54) is 20.4 Å². The number of terminal acetylenes is 1. The first-order chi connectivity index (χ1) is 19.7. The molecule has 1 aliphatic rings. The van der Waals surface area contributed by atoms with Gasteiger partial charge in [-0.05, 0) is 59.6 Å². The van der Waals surface area contributed by atoms with Crippen LogP contribution in [-0.4, -0.2) is 63.6 Å². The molecule has 4 N–H and O–H groups in total. The molecule has 0 aromatic heterocycles. The summed E-state index contributed by atoms with van der Waals surface area (Å²) >= 11 is 3.45. The van der Waals surface area contributed by atoms with Crippen molar-refractivity contribution in [1.82, 2.24) is 16.1 Å². The Bertz CT molecular complexity index is 1370. The maximum Gasteiger partial charge on any atom is 0.337 e. The Kier molecular flexibility index (Phi) is 11.3. The van der Waals surface area contributed by atoms with E-state index < -0.39 is 24.3 Å². The number of allylic oxidation sites excluding steroid dienone is 1. The number of rotatable bonds is 13. The van der Waals surface area contributed by atoms with Crippen LogP contribution in [0.15, 0.2) is 51.2 Å². The number of carbonyl (C=O) groups excluding carboxylic acids is 2. The summed E-state index contributed by atoms with van der Waals surface area (Å²) in [6.45, 7) is 3.68. The number of aliphatic hydroxyl groups excluding tert-OH is 1. The highest BCUT2D eigenvalue weighted by Crippen LogP contribution is 2.35. The van der Waals surface area contributed by atoms with Gasteiger partial charge in [0, 0.05) is 15.7 Å². The Morgan fingerprint density at radius 1 is 1.20 bits per heavy atom. The van der Waals surface area contributed by atoms with Gasteiger partial charge in [0.1, 0.15) is 13.2 Å². The monoisotopic (exact) mass is 630 g/mol. The molecule has 12 nitrogen and oxygen atoms in total. The highest BCUT2D eigenvalue weighted by Gasteiger charge is 2.32. The quantitative estimate of drug-likeness (QED) is 0.0861. The normalized spacial score (nSPS) is 15.3. The van der Waals surface area contributed by atoms with Crippen molar-refractivity contribution in [3.8, 4) is 35.3 Å². The van der Waals surface area contributed by atoms with Crippen molar-refractivity contribution in [2.24, 2.45) is 5.10 Å². The molecule has 2 amide bonds. The molecular formula is C28H31BrN4O8. The molecule has 2 aromatic rings. The largest absolute Gasteiger partial charge is 0.493 e. The van der Waals surface area contributed by atoms with Crippen molar-refractivity contribution >= 4 is 34.1 Å². The minimum absolute atomic E-state index is 0.0948. The third-order valence-electron chi connectivity index (χ3n) is 5.69. The van der Waals surface area contributed by atoms with E-state index in [-0.39, 0.29) is 18.8 Å². The third kappa shape index (κ3) is 8.06. The fourth-order valence-electron chi connectivity index (χ4n) is 3.86. The van der Waals surface area contributed by atoms with Crippen LogP contribution in [0, 0.1) is 12.3 Å². The van der Waals surface area contributed by atoms with Crippen LogP contribution in [0.3, 0.4) is 0 Å². The van der Waals surface area contributed by atoms with E-state index in [4.69, 9.17) is 30.1 Å². The number of carbonyl (C=O) groups is 2. The summed E-state index contributed by atoms with van der Waals surface area (Å²) < 4.78 is 27.9. The van der Waals surface area contributed by atoms with Crippen molar-refractivity contribution in [3.63, 3.8) is 0 Å². The maximum absolute atomic E-state index is 12.4. The highest BCUT2D eigenvalue weighted by molar-refractivity contribution is 9.10. The zero-order chi connectivity index (χ0) is 29.9. The van der Waals surface area contributed by atoms with Crippen molar-refractivity contribution < 1.29 is 38.4 Å². The number of hydrogen-bond donors (Lipinski definition) is 4. The standard InChI is InChI=1S/C28H31BrN4O8/c1-6-10-40-23-13-19(29)18(12-21(23)37-4)14-30-33-24(34)15-41-20-9-8-17(11-22(20)39-7-2)26-25(27(35)38-5)16(3)31-28(36)32-26/h1,8-9,11-14,24,26,33-34H,7,10,15H2,2-5H3,(H2,31,32,36)/b30-14-/t24-,26-/m0/s1. The third-order valence-corrected chi connectivity index (χ3v) is 6.38. The Morgan fingerprint density at radius 2 is 1.95 bits per heavy atom. The van der Waals surface area contributed by atoms with Crippen LogP contribution in [-0.2, 0) is 9.53 Å². The smallest absolute Gasteiger partial charge is 0.337 e. The van der Waals surface area contributed by atoms with Gasteiger partial charge in [0.05, 0.1) is 38.7 Å². The number of amides is 2. The fourth-order valence-corrected chi connectivity index (χ4v) is 4.28. The lowest BCUT2D eigenvalue weighted by Crippen LogP contribution is -2.45.